The molecule has 0 radical (unpaired) electrons. The van der Waals surface area contributed by atoms with E-state index in [1.165, 1.54) is 22.5 Å². The zero-order valence-electron chi connectivity index (χ0n) is 24.7. The van der Waals surface area contributed by atoms with Crippen molar-refractivity contribution >= 4 is 40.8 Å². The lowest BCUT2D eigenvalue weighted by Gasteiger charge is -2.30. The van der Waals surface area contributed by atoms with Crippen LogP contribution in [-0.2, 0) is 0 Å². The molecule has 6 aromatic rings. The van der Waals surface area contributed by atoms with Crippen LogP contribution < -0.4 is 4.90 Å². The van der Waals surface area contributed by atoms with Gasteiger partial charge in [0.2, 0.25) is 0 Å². The number of rotatable bonds is 6. The average Bonchev–Trinajstić information content (AvgIpc) is 3.64. The summed E-state index contributed by atoms with van der Waals surface area (Å²) in [6.07, 6.45) is 10.1. The van der Waals surface area contributed by atoms with Gasteiger partial charge in [-0.25, -0.2) is 15.0 Å². The second kappa shape index (κ2) is 11.0. The summed E-state index contributed by atoms with van der Waals surface area (Å²) in [6.45, 7) is 5.71. The van der Waals surface area contributed by atoms with Crippen molar-refractivity contribution in [1.82, 2.24) is 15.0 Å². The number of furan rings is 1. The number of nitrogens with zero attached hydrogens (tertiary/aromatic N) is 5. The van der Waals surface area contributed by atoms with Crippen molar-refractivity contribution in [2.45, 2.75) is 18.9 Å². The molecular formula is C39H29N5O. The standard InChI is InChI=1S/C39H29N5O/c1-3-4-18-30(40-2)39-42-37(25-13-7-5-8-14-25)41-38(43-39)26-20-21-29-34(24-26)45-33-23-22-32-35(36(29)33)28-17-11-12-19-31(28)44(32)27-15-9-6-10-16-27/h3-24,32,35H,2H2,1H3/b4-3-,30-18-. The number of fused-ring (bicyclic) bond motifs is 7. The molecular weight excluding hydrogens is 554 g/mol. The molecule has 0 saturated heterocycles. The summed E-state index contributed by atoms with van der Waals surface area (Å²) in [6, 6.07) is 35.6. The summed E-state index contributed by atoms with van der Waals surface area (Å²) in [4.78, 5) is 21.2. The van der Waals surface area contributed by atoms with E-state index in [4.69, 9.17) is 19.4 Å². The smallest absolute Gasteiger partial charge is 0.182 e. The summed E-state index contributed by atoms with van der Waals surface area (Å²) >= 11 is 0. The Morgan fingerprint density at radius 3 is 2.36 bits per heavy atom. The topological polar surface area (TPSA) is 67.4 Å². The molecule has 2 aliphatic rings. The molecule has 4 aromatic carbocycles. The van der Waals surface area contributed by atoms with Gasteiger partial charge >= 0.3 is 0 Å². The number of aliphatic imine (C=N–C) groups is 1. The van der Waals surface area contributed by atoms with Gasteiger partial charge in [-0.05, 0) is 55.6 Å². The van der Waals surface area contributed by atoms with Crippen LogP contribution in [0.5, 0.6) is 0 Å². The highest BCUT2D eigenvalue weighted by atomic mass is 16.3. The normalized spacial score (nSPS) is 17.0. The van der Waals surface area contributed by atoms with Crippen LogP contribution in [0.3, 0.4) is 0 Å². The predicted molar refractivity (Wildman–Crippen MR) is 182 cm³/mol. The lowest BCUT2D eigenvalue weighted by Crippen LogP contribution is -2.30. The third-order valence-electron chi connectivity index (χ3n) is 8.49. The van der Waals surface area contributed by atoms with Crippen LogP contribution in [0, 0.1) is 0 Å². The molecule has 0 bridgehead atoms. The molecule has 216 valence electrons. The van der Waals surface area contributed by atoms with Crippen molar-refractivity contribution in [3.63, 3.8) is 0 Å². The van der Waals surface area contributed by atoms with Gasteiger partial charge in [0, 0.05) is 39.4 Å². The molecule has 0 spiro atoms. The highest BCUT2D eigenvalue weighted by molar-refractivity contribution is 5.92. The van der Waals surface area contributed by atoms with Crippen molar-refractivity contribution in [1.29, 1.82) is 0 Å². The molecule has 8 rings (SSSR count). The van der Waals surface area contributed by atoms with Gasteiger partial charge in [0.25, 0.3) is 0 Å². The predicted octanol–water partition coefficient (Wildman–Crippen LogP) is 9.25. The molecule has 0 N–H and O–H groups in total. The first kappa shape index (κ1) is 26.7. The van der Waals surface area contributed by atoms with Gasteiger partial charge < -0.3 is 9.32 Å². The van der Waals surface area contributed by atoms with Crippen LogP contribution in [0.15, 0.2) is 137 Å². The van der Waals surface area contributed by atoms with Gasteiger partial charge in [-0.1, -0.05) is 97.1 Å². The number of para-hydroxylation sites is 2. The Balaban J connectivity index is 1.26. The van der Waals surface area contributed by atoms with Crippen LogP contribution in [0.1, 0.15) is 35.6 Å². The molecule has 0 fully saturated rings. The second-order valence-corrected chi connectivity index (χ2v) is 11.1. The average molecular weight is 584 g/mol. The van der Waals surface area contributed by atoms with E-state index in [-0.39, 0.29) is 12.0 Å². The second-order valence-electron chi connectivity index (χ2n) is 11.1. The van der Waals surface area contributed by atoms with E-state index in [0.29, 0.717) is 23.2 Å². The van der Waals surface area contributed by atoms with Crippen molar-refractivity contribution in [3.05, 3.63) is 150 Å². The van der Waals surface area contributed by atoms with Crippen LogP contribution in [0.2, 0.25) is 0 Å². The number of hydrogen-bond acceptors (Lipinski definition) is 6. The van der Waals surface area contributed by atoms with E-state index in [2.05, 4.69) is 95.5 Å². The van der Waals surface area contributed by atoms with Crippen LogP contribution in [0.4, 0.5) is 11.4 Å². The molecule has 0 saturated carbocycles. The Morgan fingerprint density at radius 1 is 0.844 bits per heavy atom. The van der Waals surface area contributed by atoms with E-state index in [9.17, 15) is 0 Å². The monoisotopic (exact) mass is 583 g/mol. The Bertz CT molecular complexity index is 2160. The van der Waals surface area contributed by atoms with E-state index >= 15 is 0 Å². The molecule has 6 heteroatoms. The molecule has 6 nitrogen and oxygen atoms in total. The fraction of sp³-hybridized carbons (Fsp3) is 0.0769. The summed E-state index contributed by atoms with van der Waals surface area (Å²) in [7, 11) is 0. The fourth-order valence-electron chi connectivity index (χ4n) is 6.51. The third-order valence-corrected chi connectivity index (χ3v) is 8.49. The molecule has 2 unspecified atom stereocenters. The van der Waals surface area contributed by atoms with Crippen molar-refractivity contribution < 1.29 is 4.42 Å². The summed E-state index contributed by atoms with van der Waals surface area (Å²) in [5.41, 5.74) is 8.02. The molecule has 1 aliphatic carbocycles. The number of hydrogen-bond donors (Lipinski definition) is 0. The van der Waals surface area contributed by atoms with E-state index in [0.717, 1.165) is 27.9 Å². The Kier molecular flexibility index (Phi) is 6.53. The third kappa shape index (κ3) is 4.50. The molecule has 2 atom stereocenters. The molecule has 1 aliphatic heterocycles. The van der Waals surface area contributed by atoms with E-state index < -0.39 is 0 Å². The lowest BCUT2D eigenvalue weighted by molar-refractivity contribution is 0.584. The van der Waals surface area contributed by atoms with Gasteiger partial charge in [0.15, 0.2) is 17.5 Å². The maximum Gasteiger partial charge on any atom is 0.182 e. The maximum atomic E-state index is 6.56. The minimum atomic E-state index is 0.139. The Labute approximate surface area is 261 Å². The minimum Gasteiger partial charge on any atom is -0.456 e. The number of allylic oxidation sites excluding steroid dienone is 3. The van der Waals surface area contributed by atoms with Crippen LogP contribution in [-0.4, -0.2) is 27.7 Å². The van der Waals surface area contributed by atoms with Crippen molar-refractivity contribution in [2.24, 2.45) is 4.99 Å². The maximum absolute atomic E-state index is 6.56. The van der Waals surface area contributed by atoms with E-state index in [1.54, 1.807) is 0 Å². The first-order valence-corrected chi connectivity index (χ1v) is 15.0. The van der Waals surface area contributed by atoms with E-state index in [1.807, 2.05) is 61.5 Å². The molecule has 0 amide bonds. The Morgan fingerprint density at radius 2 is 1.58 bits per heavy atom. The Hall–Kier alpha value is -5.88. The summed E-state index contributed by atoms with van der Waals surface area (Å²) in [5, 5.41) is 1.09. The zero-order valence-corrected chi connectivity index (χ0v) is 24.7. The van der Waals surface area contributed by atoms with Gasteiger partial charge in [0.05, 0.1) is 6.04 Å². The zero-order chi connectivity index (χ0) is 30.3. The molecule has 45 heavy (non-hydrogen) atoms. The first-order chi connectivity index (χ1) is 22.2. The van der Waals surface area contributed by atoms with Gasteiger partial charge in [-0.2, -0.15) is 0 Å². The van der Waals surface area contributed by atoms with Crippen LogP contribution in [0.25, 0.3) is 45.5 Å². The van der Waals surface area contributed by atoms with Gasteiger partial charge in [0.1, 0.15) is 17.0 Å². The lowest BCUT2D eigenvalue weighted by atomic mass is 9.82. The minimum absolute atomic E-state index is 0.139. The summed E-state index contributed by atoms with van der Waals surface area (Å²) < 4.78 is 6.56. The number of anilines is 2. The van der Waals surface area contributed by atoms with Gasteiger partial charge in [-0.15, -0.1) is 0 Å². The van der Waals surface area contributed by atoms with Crippen molar-refractivity contribution in [2.75, 3.05) is 4.90 Å². The number of benzene rings is 4. The summed E-state index contributed by atoms with van der Waals surface area (Å²) in [5.74, 6) is 2.60. The highest BCUT2D eigenvalue weighted by Crippen LogP contribution is 2.53. The molecule has 3 heterocycles. The van der Waals surface area contributed by atoms with Crippen LogP contribution >= 0.6 is 0 Å². The largest absolute Gasteiger partial charge is 0.456 e. The fourth-order valence-corrected chi connectivity index (χ4v) is 6.51. The highest BCUT2D eigenvalue weighted by Gasteiger charge is 2.43. The first-order valence-electron chi connectivity index (χ1n) is 15.0. The van der Waals surface area contributed by atoms with Gasteiger partial charge in [-0.3, -0.25) is 4.99 Å². The quantitative estimate of drug-likeness (QED) is 0.144. The van der Waals surface area contributed by atoms with Crippen molar-refractivity contribution in [3.8, 4) is 22.8 Å². The molecule has 2 aromatic heterocycles. The SMILES string of the molecule is C=N/C(=C\C=C/C)c1nc(-c2ccccc2)nc(-c2ccc3c4c(oc3c2)C=CC2C4c3ccccc3N2c2ccccc2)n1. The number of aromatic nitrogens is 3.